The lowest BCUT2D eigenvalue weighted by molar-refractivity contribution is 0.0993. The smallest absolute Gasteiger partial charge is 0.167 e. The number of carbonyl (C=O) groups excluding carboxylic acids is 1. The molecule has 0 saturated heterocycles. The van der Waals surface area contributed by atoms with Gasteiger partial charge >= 0.3 is 0 Å². The highest BCUT2D eigenvalue weighted by atomic mass is 35.5. The van der Waals surface area contributed by atoms with Crippen molar-refractivity contribution in [2.45, 2.75) is 13.0 Å². The van der Waals surface area contributed by atoms with Crippen LogP contribution in [0.5, 0.6) is 0 Å². The van der Waals surface area contributed by atoms with Crippen molar-refractivity contribution in [1.82, 2.24) is 4.98 Å². The van der Waals surface area contributed by atoms with Crippen LogP contribution in [0.15, 0.2) is 42.7 Å². The van der Waals surface area contributed by atoms with Crippen LogP contribution in [0.2, 0.25) is 5.02 Å². The fourth-order valence-electron chi connectivity index (χ4n) is 1.65. The Morgan fingerprint density at radius 3 is 2.56 bits per heavy atom. The summed E-state index contributed by atoms with van der Waals surface area (Å²) in [6, 6.07) is 9.07. The summed E-state index contributed by atoms with van der Waals surface area (Å²) in [6.07, 6.45) is 3.46. The Kier molecular flexibility index (Phi) is 4.07. The van der Waals surface area contributed by atoms with Gasteiger partial charge in [-0.2, -0.15) is 0 Å². The van der Waals surface area contributed by atoms with Crippen molar-refractivity contribution in [3.63, 3.8) is 0 Å². The lowest BCUT2D eigenvalue weighted by atomic mass is 10.0. The molecule has 0 aliphatic heterocycles. The molecular weight excluding hydrogens is 248 g/mol. The first-order valence-corrected chi connectivity index (χ1v) is 5.99. The number of pyridine rings is 1. The van der Waals surface area contributed by atoms with Gasteiger partial charge in [0, 0.05) is 30.9 Å². The number of rotatable bonds is 4. The van der Waals surface area contributed by atoms with Gasteiger partial charge in [-0.25, -0.2) is 0 Å². The second-order valence-corrected chi connectivity index (χ2v) is 4.38. The van der Waals surface area contributed by atoms with Crippen LogP contribution in [0, 0.1) is 0 Å². The number of ketones is 1. The number of Topliss-reactive ketones (excluding diaryl/α,β-unsaturated/α-hetero) is 1. The molecule has 2 aromatic rings. The number of aromatic nitrogens is 1. The van der Waals surface area contributed by atoms with Crippen LogP contribution in [0.1, 0.15) is 21.5 Å². The normalized spacial score (nSPS) is 10.3. The molecule has 0 spiro atoms. The van der Waals surface area contributed by atoms with Crippen LogP contribution >= 0.6 is 11.6 Å². The van der Waals surface area contributed by atoms with Crippen molar-refractivity contribution in [3.8, 4) is 0 Å². The van der Waals surface area contributed by atoms with Crippen LogP contribution in [0.3, 0.4) is 0 Å². The average Bonchev–Trinajstić information content (AvgIpc) is 2.41. The molecule has 1 aromatic carbocycles. The van der Waals surface area contributed by atoms with Gasteiger partial charge < -0.3 is 5.73 Å². The third kappa shape index (κ3) is 2.94. The van der Waals surface area contributed by atoms with Gasteiger partial charge in [0.15, 0.2) is 5.78 Å². The molecule has 0 unspecified atom stereocenters. The highest BCUT2D eigenvalue weighted by molar-refractivity contribution is 6.31. The molecule has 2 N–H and O–H groups in total. The average molecular weight is 261 g/mol. The minimum atomic E-state index is 0.0340. The quantitative estimate of drug-likeness (QED) is 0.860. The van der Waals surface area contributed by atoms with Gasteiger partial charge in [0.05, 0.1) is 5.02 Å². The van der Waals surface area contributed by atoms with Gasteiger partial charge in [-0.05, 0) is 17.2 Å². The Hall–Kier alpha value is -1.71. The SMILES string of the molecule is NCc1ccc(C(=O)Cc2ccncc2Cl)cc1. The summed E-state index contributed by atoms with van der Waals surface area (Å²) in [7, 11) is 0. The van der Waals surface area contributed by atoms with E-state index in [1.807, 2.05) is 12.1 Å². The van der Waals surface area contributed by atoms with Crippen LogP contribution in [0.25, 0.3) is 0 Å². The van der Waals surface area contributed by atoms with Crippen molar-refractivity contribution in [2.24, 2.45) is 5.73 Å². The topological polar surface area (TPSA) is 56.0 Å². The first kappa shape index (κ1) is 12.7. The number of carbonyl (C=O) groups is 1. The maximum Gasteiger partial charge on any atom is 0.167 e. The maximum absolute atomic E-state index is 12.1. The van der Waals surface area contributed by atoms with Crippen molar-refractivity contribution in [2.75, 3.05) is 0 Å². The molecule has 0 fully saturated rings. The summed E-state index contributed by atoms with van der Waals surface area (Å²) in [6.45, 7) is 0.477. The van der Waals surface area contributed by atoms with Crippen molar-refractivity contribution < 1.29 is 4.79 Å². The Labute approximate surface area is 111 Å². The van der Waals surface area contributed by atoms with E-state index in [0.29, 0.717) is 17.1 Å². The van der Waals surface area contributed by atoms with E-state index in [0.717, 1.165) is 11.1 Å². The highest BCUT2D eigenvalue weighted by Crippen LogP contribution is 2.16. The summed E-state index contributed by atoms with van der Waals surface area (Å²) in [4.78, 5) is 15.9. The largest absolute Gasteiger partial charge is 0.326 e. The Bertz CT molecular complexity index is 552. The summed E-state index contributed by atoms with van der Waals surface area (Å²) >= 11 is 5.97. The Morgan fingerprint density at radius 2 is 1.94 bits per heavy atom. The zero-order chi connectivity index (χ0) is 13.0. The van der Waals surface area contributed by atoms with E-state index in [2.05, 4.69) is 4.98 Å². The molecule has 0 aliphatic carbocycles. The molecular formula is C14H13ClN2O. The van der Waals surface area contributed by atoms with Gasteiger partial charge in [0.1, 0.15) is 0 Å². The fourth-order valence-corrected chi connectivity index (χ4v) is 1.84. The number of nitrogens with zero attached hydrogens (tertiary/aromatic N) is 1. The van der Waals surface area contributed by atoms with Gasteiger partial charge in [-0.15, -0.1) is 0 Å². The van der Waals surface area contributed by atoms with E-state index in [1.54, 1.807) is 30.6 Å². The number of benzene rings is 1. The van der Waals surface area contributed by atoms with Gasteiger partial charge in [-0.1, -0.05) is 35.9 Å². The zero-order valence-corrected chi connectivity index (χ0v) is 10.5. The van der Waals surface area contributed by atoms with Gasteiger partial charge in [-0.3, -0.25) is 9.78 Å². The molecule has 0 amide bonds. The molecule has 18 heavy (non-hydrogen) atoms. The highest BCUT2D eigenvalue weighted by Gasteiger charge is 2.09. The minimum absolute atomic E-state index is 0.0340. The minimum Gasteiger partial charge on any atom is -0.326 e. The Balaban J connectivity index is 2.14. The van der Waals surface area contributed by atoms with Crippen LogP contribution in [0.4, 0.5) is 0 Å². The van der Waals surface area contributed by atoms with E-state index in [4.69, 9.17) is 17.3 Å². The first-order valence-electron chi connectivity index (χ1n) is 5.61. The molecule has 92 valence electrons. The molecule has 1 heterocycles. The van der Waals surface area contributed by atoms with Crippen molar-refractivity contribution in [3.05, 3.63) is 64.4 Å². The summed E-state index contributed by atoms with van der Waals surface area (Å²) < 4.78 is 0. The third-order valence-electron chi connectivity index (χ3n) is 2.72. The van der Waals surface area contributed by atoms with Gasteiger partial charge in [0.2, 0.25) is 0 Å². The van der Waals surface area contributed by atoms with Gasteiger partial charge in [0.25, 0.3) is 0 Å². The predicted octanol–water partition coefficient (Wildman–Crippen LogP) is 2.62. The second kappa shape index (κ2) is 5.76. The lowest BCUT2D eigenvalue weighted by Gasteiger charge is -2.04. The third-order valence-corrected chi connectivity index (χ3v) is 3.06. The molecule has 0 aliphatic rings. The predicted molar refractivity (Wildman–Crippen MR) is 71.6 cm³/mol. The summed E-state index contributed by atoms with van der Waals surface area (Å²) in [5.41, 5.74) is 7.98. The van der Waals surface area contributed by atoms with Crippen LogP contribution in [-0.2, 0) is 13.0 Å². The fraction of sp³-hybridized carbons (Fsp3) is 0.143. The number of hydrogen-bond acceptors (Lipinski definition) is 3. The molecule has 0 bridgehead atoms. The van der Waals surface area contributed by atoms with Crippen molar-refractivity contribution in [1.29, 1.82) is 0 Å². The molecule has 2 rings (SSSR count). The maximum atomic E-state index is 12.1. The van der Waals surface area contributed by atoms with Crippen molar-refractivity contribution >= 4 is 17.4 Å². The number of hydrogen-bond donors (Lipinski definition) is 1. The molecule has 0 atom stereocenters. The molecule has 3 nitrogen and oxygen atoms in total. The summed E-state index contributed by atoms with van der Waals surface area (Å²) in [5, 5.41) is 0.518. The molecule has 0 saturated carbocycles. The zero-order valence-electron chi connectivity index (χ0n) is 9.77. The van der Waals surface area contributed by atoms with E-state index in [9.17, 15) is 4.79 Å². The number of halogens is 1. The van der Waals surface area contributed by atoms with Crippen LogP contribution < -0.4 is 5.73 Å². The monoisotopic (exact) mass is 260 g/mol. The van der Waals surface area contributed by atoms with Crippen LogP contribution in [-0.4, -0.2) is 10.8 Å². The van der Waals surface area contributed by atoms with E-state index in [1.165, 1.54) is 0 Å². The Morgan fingerprint density at radius 1 is 1.22 bits per heavy atom. The lowest BCUT2D eigenvalue weighted by Crippen LogP contribution is -2.05. The molecule has 0 radical (unpaired) electrons. The standard InChI is InChI=1S/C14H13ClN2O/c15-13-9-17-6-5-12(13)7-14(18)11-3-1-10(8-16)2-4-11/h1-6,9H,7-8,16H2. The first-order chi connectivity index (χ1) is 8.70. The van der Waals surface area contributed by atoms with E-state index in [-0.39, 0.29) is 12.2 Å². The molecule has 4 heteroatoms. The second-order valence-electron chi connectivity index (χ2n) is 3.97. The molecule has 1 aromatic heterocycles. The number of nitrogens with two attached hydrogens (primary N) is 1. The summed E-state index contributed by atoms with van der Waals surface area (Å²) in [5.74, 6) is 0.0340. The van der Waals surface area contributed by atoms with E-state index >= 15 is 0 Å². The van der Waals surface area contributed by atoms with E-state index < -0.39 is 0 Å².